The van der Waals surface area contributed by atoms with Crippen molar-refractivity contribution in [1.82, 2.24) is 19.6 Å². The molecule has 5 heteroatoms. The molecular weight excluding hydrogens is 252 g/mol. The van der Waals surface area contributed by atoms with Crippen LogP contribution in [0.25, 0.3) is 27.9 Å². The molecule has 0 aliphatic rings. The summed E-state index contributed by atoms with van der Waals surface area (Å²) in [6, 6.07) is 11.8. The predicted molar refractivity (Wildman–Crippen MR) is 76.8 cm³/mol. The lowest BCUT2D eigenvalue weighted by molar-refractivity contribution is 0.415. The van der Waals surface area contributed by atoms with Crippen LogP contribution in [0.3, 0.4) is 0 Å². The highest BCUT2D eigenvalue weighted by Gasteiger charge is 2.11. The Morgan fingerprint density at radius 2 is 2.15 bits per heavy atom. The molecule has 4 rings (SSSR count). The third kappa shape index (κ3) is 1.56. The van der Waals surface area contributed by atoms with Gasteiger partial charge in [-0.15, -0.1) is 0 Å². The third-order valence-electron chi connectivity index (χ3n) is 3.37. The van der Waals surface area contributed by atoms with Crippen LogP contribution in [0.15, 0.2) is 48.8 Å². The number of fused-ring (bicyclic) bond motifs is 2. The fourth-order valence-corrected chi connectivity index (χ4v) is 2.36. The van der Waals surface area contributed by atoms with Crippen LogP contribution in [0.1, 0.15) is 0 Å². The summed E-state index contributed by atoms with van der Waals surface area (Å²) in [6.45, 7) is 0. The van der Waals surface area contributed by atoms with Gasteiger partial charge in [0.25, 0.3) is 0 Å². The molecule has 1 aromatic carbocycles. The van der Waals surface area contributed by atoms with Gasteiger partial charge >= 0.3 is 0 Å². The van der Waals surface area contributed by atoms with Gasteiger partial charge in [0.05, 0.1) is 35.4 Å². The van der Waals surface area contributed by atoms with Crippen molar-refractivity contribution in [2.45, 2.75) is 0 Å². The molecule has 4 aromatic rings. The van der Waals surface area contributed by atoms with E-state index in [1.165, 1.54) is 0 Å². The molecule has 0 radical (unpaired) electrons. The lowest BCUT2D eigenvalue weighted by Gasteiger charge is -1.96. The molecule has 0 unspecified atom stereocenters. The second-order valence-electron chi connectivity index (χ2n) is 4.56. The first-order chi connectivity index (χ1) is 9.85. The lowest BCUT2D eigenvalue weighted by Crippen LogP contribution is -1.84. The Morgan fingerprint density at radius 1 is 1.20 bits per heavy atom. The molecule has 0 bridgehead atoms. The number of nitrogens with zero attached hydrogens (tertiary/aromatic N) is 3. The zero-order valence-corrected chi connectivity index (χ0v) is 10.9. The first-order valence-electron chi connectivity index (χ1n) is 6.31. The van der Waals surface area contributed by atoms with Crippen LogP contribution in [0.5, 0.6) is 5.75 Å². The van der Waals surface area contributed by atoms with Gasteiger partial charge in [-0.25, -0.2) is 9.50 Å². The number of methoxy groups -OCH3 is 1. The first kappa shape index (κ1) is 11.0. The van der Waals surface area contributed by atoms with Crippen molar-refractivity contribution in [3.8, 4) is 17.1 Å². The zero-order chi connectivity index (χ0) is 13.5. The summed E-state index contributed by atoms with van der Waals surface area (Å²) in [6.07, 6.45) is 3.74. The minimum absolute atomic E-state index is 0.813. The lowest BCUT2D eigenvalue weighted by atomic mass is 10.2. The van der Waals surface area contributed by atoms with E-state index in [2.05, 4.69) is 15.1 Å². The largest absolute Gasteiger partial charge is 0.497 e. The molecule has 5 nitrogen and oxygen atoms in total. The van der Waals surface area contributed by atoms with E-state index in [4.69, 9.17) is 4.74 Å². The first-order valence-corrected chi connectivity index (χ1v) is 6.31. The van der Waals surface area contributed by atoms with Gasteiger partial charge in [0, 0.05) is 12.3 Å². The van der Waals surface area contributed by atoms with Crippen LogP contribution in [-0.2, 0) is 0 Å². The topological polar surface area (TPSA) is 55.2 Å². The van der Waals surface area contributed by atoms with Crippen molar-refractivity contribution in [3.05, 3.63) is 48.8 Å². The Bertz CT molecular complexity index is 906. The van der Waals surface area contributed by atoms with Gasteiger partial charge in [0.2, 0.25) is 0 Å². The summed E-state index contributed by atoms with van der Waals surface area (Å²) in [5, 5.41) is 4.33. The fraction of sp³-hybridized carbons (Fsp3) is 0.0667. The van der Waals surface area contributed by atoms with E-state index in [0.717, 1.165) is 33.7 Å². The van der Waals surface area contributed by atoms with Crippen molar-refractivity contribution in [2.75, 3.05) is 7.11 Å². The maximum absolute atomic E-state index is 5.23. The number of benzene rings is 1. The molecule has 3 aromatic heterocycles. The highest BCUT2D eigenvalue weighted by Crippen LogP contribution is 2.26. The number of aromatic amines is 1. The van der Waals surface area contributed by atoms with Gasteiger partial charge in [0.15, 0.2) is 0 Å². The standard InChI is InChI=1S/C15H12N4O/c1-20-10-5-6-12-13(8-10)18-15(17-12)11-9-16-19-7-3-2-4-14(11)19/h2-9H,1H3,(H,17,18). The maximum Gasteiger partial charge on any atom is 0.142 e. The summed E-state index contributed by atoms with van der Waals surface area (Å²) in [7, 11) is 1.66. The smallest absolute Gasteiger partial charge is 0.142 e. The van der Waals surface area contributed by atoms with Crippen LogP contribution in [0.2, 0.25) is 0 Å². The Morgan fingerprint density at radius 3 is 3.05 bits per heavy atom. The molecule has 0 aliphatic carbocycles. The minimum Gasteiger partial charge on any atom is -0.497 e. The number of pyridine rings is 1. The highest BCUT2D eigenvalue weighted by molar-refractivity contribution is 5.84. The number of hydrogen-bond acceptors (Lipinski definition) is 3. The minimum atomic E-state index is 0.813. The predicted octanol–water partition coefficient (Wildman–Crippen LogP) is 2.89. The zero-order valence-electron chi connectivity index (χ0n) is 10.9. The van der Waals surface area contributed by atoms with E-state index in [-0.39, 0.29) is 0 Å². The summed E-state index contributed by atoms with van der Waals surface area (Å²) >= 11 is 0. The van der Waals surface area contributed by atoms with Gasteiger partial charge in [-0.05, 0) is 24.3 Å². The Kier molecular flexibility index (Phi) is 2.26. The second-order valence-corrected chi connectivity index (χ2v) is 4.56. The van der Waals surface area contributed by atoms with Crippen molar-refractivity contribution >= 4 is 16.6 Å². The molecular formula is C15H12N4O. The van der Waals surface area contributed by atoms with Crippen LogP contribution in [-0.4, -0.2) is 26.7 Å². The molecule has 0 atom stereocenters. The van der Waals surface area contributed by atoms with E-state index in [9.17, 15) is 0 Å². The van der Waals surface area contributed by atoms with Crippen LogP contribution in [0, 0.1) is 0 Å². The SMILES string of the molecule is COc1ccc2nc(-c3cnn4ccccc34)[nH]c2c1. The Labute approximate surface area is 114 Å². The molecule has 0 saturated carbocycles. The van der Waals surface area contributed by atoms with Gasteiger partial charge in [0.1, 0.15) is 11.6 Å². The molecule has 3 heterocycles. The summed E-state index contributed by atoms with van der Waals surface area (Å²) in [5.41, 5.74) is 3.88. The number of hydrogen-bond donors (Lipinski definition) is 1. The summed E-state index contributed by atoms with van der Waals surface area (Å²) in [5.74, 6) is 1.63. The number of H-pyrrole nitrogens is 1. The Balaban J connectivity index is 1.93. The molecule has 0 spiro atoms. The van der Waals surface area contributed by atoms with Crippen LogP contribution in [0.4, 0.5) is 0 Å². The number of aromatic nitrogens is 4. The van der Waals surface area contributed by atoms with E-state index in [1.54, 1.807) is 7.11 Å². The van der Waals surface area contributed by atoms with E-state index in [0.29, 0.717) is 0 Å². The molecule has 20 heavy (non-hydrogen) atoms. The average molecular weight is 264 g/mol. The summed E-state index contributed by atoms with van der Waals surface area (Å²) in [4.78, 5) is 7.94. The van der Waals surface area contributed by atoms with Crippen molar-refractivity contribution in [2.24, 2.45) is 0 Å². The molecule has 0 saturated heterocycles. The normalized spacial score (nSPS) is 11.2. The van der Waals surface area contributed by atoms with E-state index < -0.39 is 0 Å². The maximum atomic E-state index is 5.23. The van der Waals surface area contributed by atoms with Crippen molar-refractivity contribution < 1.29 is 4.74 Å². The van der Waals surface area contributed by atoms with Crippen molar-refractivity contribution in [3.63, 3.8) is 0 Å². The number of rotatable bonds is 2. The monoisotopic (exact) mass is 264 g/mol. The third-order valence-corrected chi connectivity index (χ3v) is 3.37. The summed E-state index contributed by atoms with van der Waals surface area (Å²) < 4.78 is 7.06. The van der Waals surface area contributed by atoms with Crippen LogP contribution >= 0.6 is 0 Å². The average Bonchev–Trinajstić information content (AvgIpc) is 3.09. The molecule has 98 valence electrons. The molecule has 0 aliphatic heterocycles. The van der Waals surface area contributed by atoms with Crippen LogP contribution < -0.4 is 4.74 Å². The number of nitrogens with one attached hydrogen (secondary N) is 1. The van der Waals surface area contributed by atoms with Crippen molar-refractivity contribution in [1.29, 1.82) is 0 Å². The van der Waals surface area contributed by atoms with Gasteiger partial charge in [-0.1, -0.05) is 6.07 Å². The quantitative estimate of drug-likeness (QED) is 0.605. The molecule has 1 N–H and O–H groups in total. The number of ether oxygens (including phenoxy) is 1. The molecule has 0 amide bonds. The van der Waals surface area contributed by atoms with Gasteiger partial charge < -0.3 is 9.72 Å². The fourth-order valence-electron chi connectivity index (χ4n) is 2.36. The van der Waals surface area contributed by atoms with E-state index in [1.807, 2.05) is 53.3 Å². The van der Waals surface area contributed by atoms with Gasteiger partial charge in [-0.2, -0.15) is 5.10 Å². The molecule has 0 fully saturated rings. The van der Waals surface area contributed by atoms with Gasteiger partial charge in [-0.3, -0.25) is 0 Å². The Hall–Kier alpha value is -2.82. The highest BCUT2D eigenvalue weighted by atomic mass is 16.5. The van der Waals surface area contributed by atoms with E-state index >= 15 is 0 Å². The number of imidazole rings is 1. The second kappa shape index (κ2) is 4.09.